The first-order valence-electron chi connectivity index (χ1n) is 6.87. The summed E-state index contributed by atoms with van der Waals surface area (Å²) in [4.78, 5) is 2.56. The number of nitrogens with zero attached hydrogens (tertiary/aromatic N) is 1. The van der Waals surface area contributed by atoms with Gasteiger partial charge in [-0.05, 0) is 43.0 Å². The van der Waals surface area contributed by atoms with Crippen LogP contribution in [0.15, 0.2) is 28.7 Å². The van der Waals surface area contributed by atoms with E-state index in [-0.39, 0.29) is 6.04 Å². The Morgan fingerprint density at radius 1 is 1.50 bits per heavy atom. The van der Waals surface area contributed by atoms with Gasteiger partial charge in [0.05, 0.1) is 0 Å². The number of benzene rings is 1. The first-order chi connectivity index (χ1) is 8.61. The van der Waals surface area contributed by atoms with Crippen LogP contribution >= 0.6 is 15.9 Å². The lowest BCUT2D eigenvalue weighted by atomic mass is 9.96. The number of rotatable bonds is 4. The van der Waals surface area contributed by atoms with Gasteiger partial charge in [-0.2, -0.15) is 0 Å². The second-order valence-corrected chi connectivity index (χ2v) is 6.38. The molecular formula is C15H23BrN2. The zero-order valence-corrected chi connectivity index (χ0v) is 12.9. The Morgan fingerprint density at radius 3 is 2.83 bits per heavy atom. The van der Waals surface area contributed by atoms with Crippen molar-refractivity contribution >= 4 is 15.9 Å². The molecule has 1 saturated heterocycles. The van der Waals surface area contributed by atoms with Crippen LogP contribution in [-0.2, 0) is 0 Å². The van der Waals surface area contributed by atoms with Gasteiger partial charge in [-0.25, -0.2) is 0 Å². The molecule has 2 nitrogen and oxygen atoms in total. The fourth-order valence-electron chi connectivity index (χ4n) is 2.86. The maximum Gasteiger partial charge on any atom is 0.0499 e. The minimum Gasteiger partial charge on any atom is -0.326 e. The second kappa shape index (κ2) is 6.18. The molecule has 0 saturated carbocycles. The molecule has 3 atom stereocenters. The molecule has 1 aliphatic heterocycles. The molecule has 2 rings (SSSR count). The monoisotopic (exact) mass is 310 g/mol. The highest BCUT2D eigenvalue weighted by Crippen LogP contribution is 2.31. The number of hydrogen-bond acceptors (Lipinski definition) is 2. The van der Waals surface area contributed by atoms with E-state index in [4.69, 9.17) is 5.73 Å². The fraction of sp³-hybridized carbons (Fsp3) is 0.600. The number of likely N-dealkylation sites (tertiary alicyclic amines) is 1. The summed E-state index contributed by atoms with van der Waals surface area (Å²) < 4.78 is 1.14. The molecule has 3 heteroatoms. The molecule has 0 amide bonds. The molecule has 1 aliphatic rings. The van der Waals surface area contributed by atoms with E-state index in [1.165, 1.54) is 25.1 Å². The third-order valence-corrected chi connectivity index (χ3v) is 4.41. The van der Waals surface area contributed by atoms with Crippen molar-refractivity contribution in [3.05, 3.63) is 34.3 Å². The Hall–Kier alpha value is -0.380. The Balaban J connectivity index is 2.25. The van der Waals surface area contributed by atoms with Crippen LogP contribution < -0.4 is 5.73 Å². The summed E-state index contributed by atoms with van der Waals surface area (Å²) in [6, 6.07) is 9.16. The van der Waals surface area contributed by atoms with Gasteiger partial charge in [0.15, 0.2) is 0 Å². The average molecular weight is 311 g/mol. The van der Waals surface area contributed by atoms with E-state index >= 15 is 0 Å². The molecule has 0 aliphatic carbocycles. The molecule has 1 fully saturated rings. The predicted molar refractivity (Wildman–Crippen MR) is 80.5 cm³/mol. The van der Waals surface area contributed by atoms with Gasteiger partial charge in [-0.15, -0.1) is 0 Å². The highest BCUT2D eigenvalue weighted by atomic mass is 79.9. The molecule has 0 bridgehead atoms. The predicted octanol–water partition coefficient (Wildman–Crippen LogP) is 3.57. The maximum absolute atomic E-state index is 6.37. The smallest absolute Gasteiger partial charge is 0.0499 e. The topological polar surface area (TPSA) is 29.3 Å². The van der Waals surface area contributed by atoms with Crippen molar-refractivity contribution in [1.82, 2.24) is 4.90 Å². The minimum atomic E-state index is 0.213. The fourth-order valence-corrected chi connectivity index (χ4v) is 3.28. The Morgan fingerprint density at radius 2 is 2.28 bits per heavy atom. The van der Waals surface area contributed by atoms with Crippen LogP contribution in [0.25, 0.3) is 0 Å². The number of halogens is 1. The molecule has 3 unspecified atom stereocenters. The summed E-state index contributed by atoms with van der Waals surface area (Å²) in [5.41, 5.74) is 7.71. The van der Waals surface area contributed by atoms with E-state index in [0.29, 0.717) is 6.04 Å². The van der Waals surface area contributed by atoms with E-state index in [2.05, 4.69) is 58.9 Å². The van der Waals surface area contributed by atoms with Gasteiger partial charge in [0.25, 0.3) is 0 Å². The Kier molecular flexibility index (Phi) is 4.82. The van der Waals surface area contributed by atoms with Crippen molar-refractivity contribution < 1.29 is 0 Å². The number of hydrogen-bond donors (Lipinski definition) is 1. The van der Waals surface area contributed by atoms with E-state index in [1.807, 2.05) is 0 Å². The minimum absolute atomic E-state index is 0.213. The Labute approximate surface area is 119 Å². The molecule has 100 valence electrons. The quantitative estimate of drug-likeness (QED) is 0.921. The van der Waals surface area contributed by atoms with Gasteiger partial charge in [-0.1, -0.05) is 41.9 Å². The lowest BCUT2D eigenvalue weighted by Gasteiger charge is -2.32. The van der Waals surface area contributed by atoms with Crippen molar-refractivity contribution in [2.75, 3.05) is 13.1 Å². The second-order valence-electron chi connectivity index (χ2n) is 5.46. The summed E-state index contributed by atoms with van der Waals surface area (Å²) in [5, 5.41) is 0. The van der Waals surface area contributed by atoms with Crippen molar-refractivity contribution in [2.45, 2.75) is 38.8 Å². The normalized spacial score (nSPS) is 24.1. The van der Waals surface area contributed by atoms with Crippen molar-refractivity contribution in [2.24, 2.45) is 11.7 Å². The first-order valence-corrected chi connectivity index (χ1v) is 7.66. The molecule has 0 spiro atoms. The van der Waals surface area contributed by atoms with Gasteiger partial charge in [0.2, 0.25) is 0 Å². The first kappa shape index (κ1) is 14.0. The molecule has 18 heavy (non-hydrogen) atoms. The van der Waals surface area contributed by atoms with Gasteiger partial charge >= 0.3 is 0 Å². The molecule has 2 N–H and O–H groups in total. The van der Waals surface area contributed by atoms with Gasteiger partial charge in [0, 0.05) is 23.1 Å². The van der Waals surface area contributed by atoms with Gasteiger partial charge < -0.3 is 5.73 Å². The zero-order valence-electron chi connectivity index (χ0n) is 11.3. The van der Waals surface area contributed by atoms with Crippen molar-refractivity contribution in [1.29, 1.82) is 0 Å². The van der Waals surface area contributed by atoms with Crippen LogP contribution in [0.4, 0.5) is 0 Å². The SMILES string of the molecule is CCC(N)C(c1cccc(Br)c1)N1CCC(C)C1. The van der Waals surface area contributed by atoms with E-state index < -0.39 is 0 Å². The van der Waals surface area contributed by atoms with Crippen LogP contribution in [0, 0.1) is 5.92 Å². The summed E-state index contributed by atoms with van der Waals surface area (Å²) in [6.07, 6.45) is 2.31. The molecule has 1 heterocycles. The molecule has 1 aromatic carbocycles. The van der Waals surface area contributed by atoms with E-state index in [9.17, 15) is 0 Å². The van der Waals surface area contributed by atoms with Crippen molar-refractivity contribution in [3.8, 4) is 0 Å². The average Bonchev–Trinajstić information content (AvgIpc) is 2.76. The largest absolute Gasteiger partial charge is 0.326 e. The molecule has 0 aromatic heterocycles. The lowest BCUT2D eigenvalue weighted by molar-refractivity contribution is 0.203. The van der Waals surface area contributed by atoms with Gasteiger partial charge in [0.1, 0.15) is 0 Å². The molecule has 1 aromatic rings. The summed E-state index contributed by atoms with van der Waals surface area (Å²) >= 11 is 3.56. The van der Waals surface area contributed by atoms with Gasteiger partial charge in [-0.3, -0.25) is 4.90 Å². The number of nitrogens with two attached hydrogens (primary N) is 1. The molecular weight excluding hydrogens is 288 g/mol. The third kappa shape index (κ3) is 3.14. The molecule has 0 radical (unpaired) electrons. The Bertz CT molecular complexity index is 394. The van der Waals surface area contributed by atoms with Crippen LogP contribution in [0.3, 0.4) is 0 Å². The third-order valence-electron chi connectivity index (χ3n) is 3.92. The van der Waals surface area contributed by atoms with Crippen LogP contribution in [0.1, 0.15) is 38.3 Å². The highest BCUT2D eigenvalue weighted by Gasteiger charge is 2.30. The van der Waals surface area contributed by atoms with Crippen LogP contribution in [0.5, 0.6) is 0 Å². The summed E-state index contributed by atoms with van der Waals surface area (Å²) in [6.45, 7) is 6.85. The summed E-state index contributed by atoms with van der Waals surface area (Å²) in [7, 11) is 0. The van der Waals surface area contributed by atoms with Crippen LogP contribution in [-0.4, -0.2) is 24.0 Å². The van der Waals surface area contributed by atoms with E-state index in [0.717, 1.165) is 16.8 Å². The summed E-state index contributed by atoms with van der Waals surface area (Å²) in [5.74, 6) is 0.795. The lowest BCUT2D eigenvalue weighted by Crippen LogP contribution is -2.39. The van der Waals surface area contributed by atoms with Crippen LogP contribution in [0.2, 0.25) is 0 Å². The highest BCUT2D eigenvalue weighted by molar-refractivity contribution is 9.10. The maximum atomic E-state index is 6.37. The zero-order chi connectivity index (χ0) is 13.1. The van der Waals surface area contributed by atoms with Crippen molar-refractivity contribution in [3.63, 3.8) is 0 Å². The van der Waals surface area contributed by atoms with E-state index in [1.54, 1.807) is 0 Å². The standard InChI is InChI=1S/C15H23BrN2/c1-3-14(17)15(18-8-7-11(2)10-18)12-5-4-6-13(16)9-12/h4-6,9,11,14-15H,3,7-8,10,17H2,1-2H3.